The molecule has 1 aromatic carbocycles. The molecule has 14 nitrogen and oxygen atoms in total. The largest absolute Gasteiger partial charge is 0.414 e. The van der Waals surface area contributed by atoms with E-state index in [0.717, 1.165) is 16.7 Å². The highest BCUT2D eigenvalue weighted by molar-refractivity contribution is 6.74. The lowest BCUT2D eigenvalue weighted by molar-refractivity contribution is -0.0376. The fourth-order valence-electron chi connectivity index (χ4n) is 5.58. The fraction of sp³-hybridized carbons (Fsp3) is 0.576. The SMILES string of the molecule is Cc1cnc2ccc3c(nc(Nc4nc5c(=O)[nH]c(N)nc5n4[C@H]4C[C@H](O[Si](C)(C)C(C)(C)C)[C@@H](CO[Si](C)(C)C(C)(C)C)O4)n3C)c2n1. The maximum absolute atomic E-state index is 13.2. The van der Waals surface area contributed by atoms with Crippen molar-refractivity contribution in [3.8, 4) is 0 Å². The number of nitrogens with two attached hydrogens (primary N) is 1. The van der Waals surface area contributed by atoms with Crippen molar-refractivity contribution in [2.75, 3.05) is 17.7 Å². The van der Waals surface area contributed by atoms with Gasteiger partial charge in [-0.1, -0.05) is 41.5 Å². The summed E-state index contributed by atoms with van der Waals surface area (Å²) in [5.74, 6) is 0.820. The number of ether oxygens (including phenoxy) is 1. The second-order valence-electron chi connectivity index (χ2n) is 16.2. The van der Waals surface area contributed by atoms with E-state index < -0.39 is 28.4 Å². The second-order valence-corrected chi connectivity index (χ2v) is 25.8. The summed E-state index contributed by atoms with van der Waals surface area (Å²) in [7, 11) is -2.41. The van der Waals surface area contributed by atoms with Crippen molar-refractivity contribution in [2.24, 2.45) is 7.05 Å². The van der Waals surface area contributed by atoms with Gasteiger partial charge in [0.1, 0.15) is 23.4 Å². The summed E-state index contributed by atoms with van der Waals surface area (Å²) in [4.78, 5) is 39.2. The molecule has 0 spiro atoms. The average Bonchev–Trinajstić information content (AvgIpc) is 3.64. The summed E-state index contributed by atoms with van der Waals surface area (Å²) in [6.07, 6.45) is 1.02. The monoisotopic (exact) mass is 706 g/mol. The molecule has 0 bridgehead atoms. The maximum Gasteiger partial charge on any atom is 0.280 e. The van der Waals surface area contributed by atoms with Crippen LogP contribution in [0.2, 0.25) is 36.3 Å². The summed E-state index contributed by atoms with van der Waals surface area (Å²) in [6, 6.07) is 3.89. The fourth-order valence-corrected chi connectivity index (χ4v) is 7.96. The van der Waals surface area contributed by atoms with Crippen LogP contribution in [-0.4, -0.2) is 74.5 Å². The molecule has 4 N–H and O–H groups in total. The second kappa shape index (κ2) is 12.0. The molecule has 5 aromatic rings. The molecule has 0 amide bonds. The van der Waals surface area contributed by atoms with E-state index in [2.05, 4.69) is 88.0 Å². The highest BCUT2D eigenvalue weighted by atomic mass is 28.4. The molecule has 1 aliphatic heterocycles. The van der Waals surface area contributed by atoms with Gasteiger partial charge in [0.25, 0.3) is 5.56 Å². The van der Waals surface area contributed by atoms with E-state index >= 15 is 0 Å². The lowest BCUT2D eigenvalue weighted by Gasteiger charge is -2.40. The molecule has 1 fully saturated rings. The molecule has 4 aromatic heterocycles. The van der Waals surface area contributed by atoms with Crippen LogP contribution >= 0.6 is 0 Å². The summed E-state index contributed by atoms with van der Waals surface area (Å²) < 4.78 is 24.3. The van der Waals surface area contributed by atoms with Gasteiger partial charge in [-0.15, -0.1) is 0 Å². The van der Waals surface area contributed by atoms with Crippen LogP contribution in [0.3, 0.4) is 0 Å². The van der Waals surface area contributed by atoms with Crippen molar-refractivity contribution in [2.45, 2.75) is 110 Å². The number of benzene rings is 1. The van der Waals surface area contributed by atoms with Crippen molar-refractivity contribution in [3.05, 3.63) is 34.4 Å². The van der Waals surface area contributed by atoms with Gasteiger partial charge in [-0.05, 0) is 55.3 Å². The number of hydrogen-bond acceptors (Lipinski definition) is 11. The van der Waals surface area contributed by atoms with Gasteiger partial charge < -0.3 is 23.9 Å². The minimum atomic E-state index is -2.22. The third-order valence-corrected chi connectivity index (χ3v) is 19.6. The molecule has 3 atom stereocenters. The number of rotatable bonds is 8. The van der Waals surface area contributed by atoms with E-state index in [1.54, 1.807) is 10.8 Å². The van der Waals surface area contributed by atoms with E-state index in [0.29, 0.717) is 41.6 Å². The molecular formula is C33H50N10O4Si2. The molecule has 0 saturated carbocycles. The Bertz CT molecular complexity index is 2110. The number of nitrogens with one attached hydrogen (secondary N) is 2. The Labute approximate surface area is 288 Å². The van der Waals surface area contributed by atoms with Crippen molar-refractivity contribution in [3.63, 3.8) is 0 Å². The number of anilines is 3. The van der Waals surface area contributed by atoms with E-state index in [1.807, 2.05) is 30.7 Å². The third kappa shape index (κ3) is 6.40. The molecule has 6 rings (SSSR count). The topological polar surface area (TPSA) is 173 Å². The first kappa shape index (κ1) is 35.1. The van der Waals surface area contributed by atoms with Crippen molar-refractivity contribution in [1.82, 2.24) is 39.0 Å². The molecule has 0 radical (unpaired) electrons. The van der Waals surface area contributed by atoms with Crippen LogP contribution in [0.1, 0.15) is 59.9 Å². The zero-order chi connectivity index (χ0) is 35.8. The van der Waals surface area contributed by atoms with Crippen molar-refractivity contribution < 1.29 is 13.6 Å². The number of hydrogen-bond donors (Lipinski definition) is 3. The van der Waals surface area contributed by atoms with Gasteiger partial charge in [-0.2, -0.15) is 4.98 Å². The smallest absolute Gasteiger partial charge is 0.280 e. The number of nitrogen functional groups attached to an aromatic ring is 1. The molecule has 0 aliphatic carbocycles. The first-order valence-electron chi connectivity index (χ1n) is 16.8. The minimum absolute atomic E-state index is 0.0130. The van der Waals surface area contributed by atoms with Gasteiger partial charge in [-0.3, -0.25) is 24.6 Å². The van der Waals surface area contributed by atoms with E-state index in [-0.39, 0.29) is 33.7 Å². The molecule has 1 aliphatic rings. The highest BCUT2D eigenvalue weighted by Crippen LogP contribution is 2.44. The molecule has 16 heteroatoms. The van der Waals surface area contributed by atoms with Gasteiger partial charge in [0.15, 0.2) is 27.8 Å². The lowest BCUT2D eigenvalue weighted by atomic mass is 10.2. The predicted octanol–water partition coefficient (Wildman–Crippen LogP) is 6.28. The Hall–Kier alpha value is -3.71. The van der Waals surface area contributed by atoms with Crippen LogP contribution in [-0.2, 0) is 20.6 Å². The molecule has 0 unspecified atom stereocenters. The van der Waals surface area contributed by atoms with Gasteiger partial charge in [0.2, 0.25) is 17.8 Å². The first-order chi connectivity index (χ1) is 22.7. The van der Waals surface area contributed by atoms with Crippen LogP contribution < -0.4 is 16.6 Å². The van der Waals surface area contributed by atoms with Crippen molar-refractivity contribution >= 4 is 67.7 Å². The van der Waals surface area contributed by atoms with Gasteiger partial charge in [0, 0.05) is 19.7 Å². The minimum Gasteiger partial charge on any atom is -0.414 e. The zero-order valence-corrected chi connectivity index (χ0v) is 32.7. The summed E-state index contributed by atoms with van der Waals surface area (Å²) in [6.45, 7) is 24.6. The number of aromatic nitrogens is 8. The van der Waals surface area contributed by atoms with Crippen LogP contribution in [0, 0.1) is 6.92 Å². The van der Waals surface area contributed by atoms with Crippen LogP contribution in [0.4, 0.5) is 17.8 Å². The van der Waals surface area contributed by atoms with E-state index in [1.165, 1.54) is 0 Å². The molecule has 49 heavy (non-hydrogen) atoms. The average molecular weight is 707 g/mol. The lowest BCUT2D eigenvalue weighted by Crippen LogP contribution is -2.48. The molecular weight excluding hydrogens is 657 g/mol. The number of H-pyrrole nitrogens is 1. The number of aromatic amines is 1. The summed E-state index contributed by atoms with van der Waals surface area (Å²) in [5.41, 5.74) is 9.88. The van der Waals surface area contributed by atoms with Gasteiger partial charge in [0.05, 0.1) is 29.4 Å². The number of nitrogens with zero attached hydrogens (tertiary/aromatic N) is 7. The normalized spacial score (nSPS) is 19.5. The van der Waals surface area contributed by atoms with Crippen molar-refractivity contribution in [1.29, 1.82) is 0 Å². The van der Waals surface area contributed by atoms with E-state index in [4.69, 9.17) is 34.3 Å². The van der Waals surface area contributed by atoms with Crippen LogP contribution in [0.25, 0.3) is 33.2 Å². The first-order valence-corrected chi connectivity index (χ1v) is 22.6. The van der Waals surface area contributed by atoms with E-state index in [9.17, 15) is 4.79 Å². The zero-order valence-electron chi connectivity index (χ0n) is 30.7. The third-order valence-electron chi connectivity index (χ3n) is 10.6. The van der Waals surface area contributed by atoms with Crippen LogP contribution in [0.5, 0.6) is 0 Å². The van der Waals surface area contributed by atoms with Gasteiger partial charge >= 0.3 is 0 Å². The highest BCUT2D eigenvalue weighted by Gasteiger charge is 2.47. The number of fused-ring (bicyclic) bond motifs is 4. The molecule has 1 saturated heterocycles. The molecule has 264 valence electrons. The summed E-state index contributed by atoms with van der Waals surface area (Å²) >= 11 is 0. The Balaban J connectivity index is 1.43. The Morgan fingerprint density at radius 3 is 2.33 bits per heavy atom. The molecule has 5 heterocycles. The standard InChI is InChI=1S/C33H50N10O4Si2/c1-18-16-35-19-13-14-20-25(24(19)36-18)37-30(42(20)8)41-31-38-26-27(39-29(34)40-28(26)44)43(31)23-15-21(47-49(11,12)33(5,6)7)22(46-23)17-45-48(9,10)32(2,3)4/h13-14,16,21-23H,15,17H2,1-12H3,(H,37,38,41)(H3,34,39,40,44)/t21-,22+,23+/m0/s1. The predicted molar refractivity (Wildman–Crippen MR) is 198 cm³/mol. The maximum atomic E-state index is 13.2. The summed E-state index contributed by atoms with van der Waals surface area (Å²) in [5, 5.41) is 3.40. The quantitative estimate of drug-likeness (QED) is 0.155. The Kier molecular flexibility index (Phi) is 8.58. The number of imidazole rings is 2. The van der Waals surface area contributed by atoms with Gasteiger partial charge in [-0.25, -0.2) is 15.0 Å². The Morgan fingerprint density at radius 2 is 1.65 bits per heavy atom. The van der Waals surface area contributed by atoms with Crippen LogP contribution in [0.15, 0.2) is 23.1 Å². The number of aryl methyl sites for hydroxylation is 2. The Morgan fingerprint density at radius 1 is 0.980 bits per heavy atom.